The minimum absolute atomic E-state index is 0. The Labute approximate surface area is 111 Å². The summed E-state index contributed by atoms with van der Waals surface area (Å²) >= 11 is 0. The number of hydrogen-bond acceptors (Lipinski definition) is 4. The van der Waals surface area contributed by atoms with Gasteiger partial charge in [0.2, 0.25) is 0 Å². The second kappa shape index (κ2) is 10.2. The maximum absolute atomic E-state index is 10.1. The maximum Gasteiger partial charge on any atom is 2.00 e. The predicted molar refractivity (Wildman–Crippen MR) is 56.0 cm³/mol. The Morgan fingerprint density at radius 3 is 1.35 bits per heavy atom. The third kappa shape index (κ3) is 7.02. The fourth-order valence-corrected chi connectivity index (χ4v) is 1.04. The van der Waals surface area contributed by atoms with Gasteiger partial charge in [-0.3, -0.25) is 0 Å². The first kappa shape index (κ1) is 16.0. The molecule has 0 aliphatic carbocycles. The van der Waals surface area contributed by atoms with Crippen LogP contribution in [0.5, 0.6) is 0 Å². The molecule has 97 valence electrons. The summed E-state index contributed by atoms with van der Waals surface area (Å²) in [6.45, 7) is -0.387. The molecule has 0 amide bonds. The van der Waals surface area contributed by atoms with E-state index in [0.717, 1.165) is 0 Å². The van der Waals surface area contributed by atoms with Gasteiger partial charge in [-0.25, -0.2) is 0 Å². The minimum atomic E-state index is -0.236. The van der Waals surface area contributed by atoms with Crippen LogP contribution in [0.25, 0.3) is 0 Å². The molecule has 2 aliphatic heterocycles. The predicted octanol–water partition coefficient (Wildman–Crippen LogP) is -0.372. The van der Waals surface area contributed by atoms with Crippen molar-refractivity contribution in [3.8, 4) is 0 Å². The summed E-state index contributed by atoms with van der Waals surface area (Å²) in [5.41, 5.74) is 0. The number of allylic oxidation sites excluding steroid dienone is 4. The van der Waals surface area contributed by atoms with Crippen LogP contribution in [0.4, 0.5) is 0 Å². The number of hydrogen-bond donors (Lipinski definition) is 0. The molecule has 1 radical (unpaired) electrons. The zero-order valence-corrected chi connectivity index (χ0v) is 10.1. The average molecular weight is 286 g/mol. The first-order valence-electron chi connectivity index (χ1n) is 5.00. The van der Waals surface area contributed by atoms with Crippen molar-refractivity contribution >= 4 is 0 Å². The third-order valence-corrected chi connectivity index (χ3v) is 1.87. The molecule has 0 spiro atoms. The molecular formula is C12H14CuO4. The van der Waals surface area contributed by atoms with E-state index in [1.165, 1.54) is 12.5 Å². The Balaban J connectivity index is 0.000000284. The van der Waals surface area contributed by atoms with E-state index in [9.17, 15) is 10.2 Å². The van der Waals surface area contributed by atoms with Crippen molar-refractivity contribution in [3.05, 3.63) is 49.0 Å². The Bertz CT molecular complexity index is 267. The van der Waals surface area contributed by atoms with Gasteiger partial charge in [-0.15, -0.1) is 0 Å². The summed E-state index contributed by atoms with van der Waals surface area (Å²) in [6.07, 6.45) is 13.2. The van der Waals surface area contributed by atoms with Crippen LogP contribution in [0.1, 0.15) is 0 Å². The van der Waals surface area contributed by atoms with Crippen LogP contribution in [0.3, 0.4) is 0 Å². The topological polar surface area (TPSA) is 64.6 Å². The van der Waals surface area contributed by atoms with Crippen molar-refractivity contribution in [1.29, 1.82) is 0 Å². The van der Waals surface area contributed by atoms with Crippen molar-refractivity contribution in [3.63, 3.8) is 0 Å². The minimum Gasteiger partial charge on any atom is -0.852 e. The molecule has 0 aromatic carbocycles. The van der Waals surface area contributed by atoms with Crippen LogP contribution in [-0.2, 0) is 26.5 Å². The summed E-state index contributed by atoms with van der Waals surface area (Å²) in [5, 5.41) is 20.1. The smallest absolute Gasteiger partial charge is 0.852 e. The largest absolute Gasteiger partial charge is 2.00 e. The van der Waals surface area contributed by atoms with E-state index in [-0.39, 0.29) is 42.5 Å². The van der Waals surface area contributed by atoms with Gasteiger partial charge in [-0.1, -0.05) is 25.4 Å². The second-order valence-corrected chi connectivity index (χ2v) is 3.11. The summed E-state index contributed by atoms with van der Waals surface area (Å²) in [4.78, 5) is 0. The fourth-order valence-electron chi connectivity index (χ4n) is 1.04. The molecule has 0 aromatic heterocycles. The Hall–Kier alpha value is -1.00. The van der Waals surface area contributed by atoms with Crippen molar-refractivity contribution < 1.29 is 36.8 Å². The van der Waals surface area contributed by atoms with Crippen molar-refractivity contribution in [2.24, 2.45) is 0 Å². The fraction of sp³-hybridized carbons (Fsp3) is 0.333. The molecule has 17 heavy (non-hydrogen) atoms. The zero-order chi connectivity index (χ0) is 11.6. The van der Waals surface area contributed by atoms with Gasteiger partial charge in [0.15, 0.2) is 0 Å². The first-order valence-corrected chi connectivity index (χ1v) is 5.00. The van der Waals surface area contributed by atoms with Gasteiger partial charge in [-0.05, 0) is 24.3 Å². The molecule has 2 rings (SSSR count). The SMILES string of the molecule is [Cu+2].[O-]CC1C=CC=CO1.[O-]CC1C=CC=CO1. The zero-order valence-electron chi connectivity index (χ0n) is 9.12. The molecule has 0 aromatic rings. The maximum atomic E-state index is 10.1. The van der Waals surface area contributed by atoms with Gasteiger partial charge in [0, 0.05) is 0 Å². The molecule has 2 unspecified atom stereocenters. The van der Waals surface area contributed by atoms with Crippen LogP contribution in [0.15, 0.2) is 49.0 Å². The van der Waals surface area contributed by atoms with E-state index in [1.54, 1.807) is 24.3 Å². The number of rotatable bonds is 2. The normalized spacial score (nSPS) is 23.9. The van der Waals surface area contributed by atoms with Crippen LogP contribution in [-0.4, -0.2) is 25.4 Å². The molecule has 0 bridgehead atoms. The Kier molecular flexibility index (Phi) is 9.57. The average Bonchev–Trinajstić information content (AvgIpc) is 2.41. The van der Waals surface area contributed by atoms with Crippen molar-refractivity contribution in [2.45, 2.75) is 12.2 Å². The molecule has 2 aliphatic rings. The van der Waals surface area contributed by atoms with Gasteiger partial charge in [0.25, 0.3) is 0 Å². The molecule has 2 heterocycles. The van der Waals surface area contributed by atoms with Gasteiger partial charge < -0.3 is 19.7 Å². The van der Waals surface area contributed by atoms with Crippen LogP contribution >= 0.6 is 0 Å². The Morgan fingerprint density at radius 1 is 0.765 bits per heavy atom. The standard InChI is InChI=1S/2C6H7O2.Cu/c2*7-5-6-3-1-2-4-8-6;/h2*1-4,6H,5H2;/q2*-1;+2. The monoisotopic (exact) mass is 285 g/mol. The van der Waals surface area contributed by atoms with Crippen LogP contribution < -0.4 is 10.2 Å². The molecular weight excluding hydrogens is 272 g/mol. The van der Waals surface area contributed by atoms with E-state index < -0.39 is 0 Å². The summed E-state index contributed by atoms with van der Waals surface area (Å²) in [5.74, 6) is 0. The van der Waals surface area contributed by atoms with Crippen molar-refractivity contribution in [2.75, 3.05) is 13.2 Å². The summed E-state index contributed by atoms with van der Waals surface area (Å²) in [6, 6.07) is 0. The molecule has 2 atom stereocenters. The number of ether oxygens (including phenoxy) is 2. The van der Waals surface area contributed by atoms with E-state index in [1.807, 2.05) is 12.2 Å². The third-order valence-electron chi connectivity index (χ3n) is 1.87. The van der Waals surface area contributed by atoms with E-state index in [2.05, 4.69) is 0 Å². The van der Waals surface area contributed by atoms with E-state index in [4.69, 9.17) is 9.47 Å². The van der Waals surface area contributed by atoms with Gasteiger partial charge in [0.1, 0.15) is 12.2 Å². The molecule has 0 fully saturated rings. The summed E-state index contributed by atoms with van der Waals surface area (Å²) in [7, 11) is 0. The second-order valence-electron chi connectivity index (χ2n) is 3.11. The first-order chi connectivity index (χ1) is 7.86. The molecule has 4 nitrogen and oxygen atoms in total. The van der Waals surface area contributed by atoms with Gasteiger partial charge >= 0.3 is 17.1 Å². The van der Waals surface area contributed by atoms with Crippen molar-refractivity contribution in [1.82, 2.24) is 0 Å². The molecule has 0 N–H and O–H groups in total. The van der Waals surface area contributed by atoms with E-state index >= 15 is 0 Å². The van der Waals surface area contributed by atoms with E-state index in [0.29, 0.717) is 0 Å². The quantitative estimate of drug-likeness (QED) is 0.649. The van der Waals surface area contributed by atoms with Gasteiger partial charge in [0.05, 0.1) is 12.5 Å². The molecule has 0 saturated carbocycles. The van der Waals surface area contributed by atoms with Crippen LogP contribution in [0, 0.1) is 0 Å². The molecule has 0 saturated heterocycles. The van der Waals surface area contributed by atoms with Gasteiger partial charge in [-0.2, -0.15) is 0 Å². The van der Waals surface area contributed by atoms with Crippen LogP contribution in [0.2, 0.25) is 0 Å². The summed E-state index contributed by atoms with van der Waals surface area (Å²) < 4.78 is 9.69. The molecule has 5 heteroatoms. The Morgan fingerprint density at radius 2 is 1.18 bits per heavy atom.